The quantitative estimate of drug-likeness (QED) is 0.0243. The number of aliphatic hydroxyl groups excluding tert-OH is 1. The lowest BCUT2D eigenvalue weighted by Gasteiger charge is -2.25. The lowest BCUT2D eigenvalue weighted by molar-refractivity contribution is -0.870. The molecule has 0 aromatic rings. The molecule has 452 valence electrons. The molecule has 0 aliphatic heterocycles. The molecular weight excluding hydrogens is 996 g/mol. The van der Waals surface area contributed by atoms with E-state index in [-0.39, 0.29) is 19.1 Å². The summed E-state index contributed by atoms with van der Waals surface area (Å²) in [6.07, 6.45) is 90.1. The van der Waals surface area contributed by atoms with Crippen LogP contribution in [0.15, 0.2) is 134 Å². The maximum absolute atomic E-state index is 13.0. The van der Waals surface area contributed by atoms with E-state index in [1.54, 1.807) is 6.08 Å². The highest BCUT2D eigenvalue weighted by molar-refractivity contribution is 7.47. The molecule has 0 rings (SSSR count). The van der Waals surface area contributed by atoms with Crippen LogP contribution in [0.25, 0.3) is 0 Å². The van der Waals surface area contributed by atoms with Crippen molar-refractivity contribution in [3.05, 3.63) is 134 Å². The number of quaternary nitrogens is 1. The third kappa shape index (κ3) is 62.1. The maximum atomic E-state index is 13.0. The van der Waals surface area contributed by atoms with E-state index in [0.29, 0.717) is 17.4 Å². The van der Waals surface area contributed by atoms with Gasteiger partial charge in [0.1, 0.15) is 13.2 Å². The van der Waals surface area contributed by atoms with E-state index in [1.807, 2.05) is 27.2 Å². The monoisotopic (exact) mass is 1120 g/mol. The van der Waals surface area contributed by atoms with Crippen molar-refractivity contribution in [2.24, 2.45) is 0 Å². The van der Waals surface area contributed by atoms with Crippen molar-refractivity contribution < 1.29 is 32.9 Å². The summed E-state index contributed by atoms with van der Waals surface area (Å²) in [6, 6.07) is -0.872. The molecule has 0 aliphatic carbocycles. The summed E-state index contributed by atoms with van der Waals surface area (Å²) in [5, 5.41) is 13.9. The first-order valence-electron chi connectivity index (χ1n) is 32.1. The molecule has 3 unspecified atom stereocenters. The number of phosphoric ester groups is 1. The fraction of sp³-hybridized carbons (Fsp3) is 0.671. The van der Waals surface area contributed by atoms with Crippen LogP contribution in [0.5, 0.6) is 0 Å². The number of allylic oxidation sites excluding steroid dienone is 21. The highest BCUT2D eigenvalue weighted by Crippen LogP contribution is 2.43. The third-order valence-corrected chi connectivity index (χ3v) is 14.6. The zero-order chi connectivity index (χ0) is 57.7. The number of aliphatic hydroxyl groups is 1. The van der Waals surface area contributed by atoms with Gasteiger partial charge in [-0.15, -0.1) is 0 Å². The molecule has 0 fully saturated rings. The van der Waals surface area contributed by atoms with Gasteiger partial charge in [0, 0.05) is 6.42 Å². The number of hydrogen-bond donors (Lipinski definition) is 3. The molecule has 8 nitrogen and oxygen atoms in total. The molecule has 0 aromatic carbocycles. The Kier molecular flexibility index (Phi) is 56.7. The van der Waals surface area contributed by atoms with E-state index in [9.17, 15) is 19.4 Å². The summed E-state index contributed by atoms with van der Waals surface area (Å²) in [4.78, 5) is 23.3. The van der Waals surface area contributed by atoms with Crippen molar-refractivity contribution in [3.63, 3.8) is 0 Å². The van der Waals surface area contributed by atoms with Gasteiger partial charge >= 0.3 is 7.82 Å². The van der Waals surface area contributed by atoms with Crippen molar-refractivity contribution in [3.8, 4) is 0 Å². The molecule has 0 saturated heterocycles. The van der Waals surface area contributed by atoms with Gasteiger partial charge in [0.2, 0.25) is 5.91 Å². The van der Waals surface area contributed by atoms with Crippen LogP contribution in [0.2, 0.25) is 0 Å². The Morgan fingerprint density at radius 3 is 1.16 bits per heavy atom. The summed E-state index contributed by atoms with van der Waals surface area (Å²) in [6.45, 7) is 4.67. The summed E-state index contributed by atoms with van der Waals surface area (Å²) < 4.78 is 23.7. The maximum Gasteiger partial charge on any atom is 0.472 e. The van der Waals surface area contributed by atoms with E-state index in [4.69, 9.17) is 9.05 Å². The van der Waals surface area contributed by atoms with Crippen molar-refractivity contribution in [2.45, 2.75) is 264 Å². The Labute approximate surface area is 487 Å². The molecule has 0 heterocycles. The Hall–Kier alpha value is -3.36. The lowest BCUT2D eigenvalue weighted by atomic mass is 10.0. The number of nitrogens with zero attached hydrogens (tertiary/aromatic N) is 1. The van der Waals surface area contributed by atoms with Gasteiger partial charge in [0.25, 0.3) is 0 Å². The zero-order valence-electron chi connectivity index (χ0n) is 51.6. The molecule has 0 spiro atoms. The molecule has 0 aromatic heterocycles. The number of likely N-dealkylation sites (N-methyl/N-ethyl adjacent to an activating group) is 1. The van der Waals surface area contributed by atoms with Gasteiger partial charge in [-0.05, 0) is 103 Å². The first-order chi connectivity index (χ1) is 38.5. The van der Waals surface area contributed by atoms with E-state index in [1.165, 1.54) is 135 Å². The van der Waals surface area contributed by atoms with Gasteiger partial charge in [-0.1, -0.05) is 276 Å². The van der Waals surface area contributed by atoms with Gasteiger partial charge in [0.05, 0.1) is 39.9 Å². The summed E-state index contributed by atoms with van der Waals surface area (Å²) in [5.41, 5.74) is 0. The van der Waals surface area contributed by atoms with E-state index < -0.39 is 20.0 Å². The van der Waals surface area contributed by atoms with Crippen molar-refractivity contribution >= 4 is 13.7 Å². The standard InChI is InChI=1S/C70H121N2O6P/c1-6-8-10-12-14-16-18-20-22-24-25-26-27-28-29-30-31-32-33-34-35-36-37-38-39-40-41-42-43-44-45-46-47-48-50-52-54-56-58-60-62-64-70(74)71-68(67-78-79(75,76)77-66-65-72(3,4)5)69(73)63-61-59-57-55-53-51-49-23-21-19-17-15-13-11-9-7-2/h8,10,14,16,20,22,25-26,28-29,31-32,34-35,37-38,40-41,53,55,61,63,68-69,73H,6-7,9,11-13,15,17-19,21,23-24,27,30,33,36,39,42-52,54,56-60,62,64-67H2,1-5H3,(H-,71,74,75,76)/p+1/b10-8-,16-14-,22-20-,26-25-,29-28-,32-31-,35-34-,38-37-,41-40-,55-53+,63-61+. The predicted molar refractivity (Wildman–Crippen MR) is 345 cm³/mol. The molecule has 0 radical (unpaired) electrons. The van der Waals surface area contributed by atoms with Crippen LogP contribution in [-0.4, -0.2) is 73.4 Å². The molecule has 0 aliphatic rings. The molecule has 0 saturated carbocycles. The van der Waals surface area contributed by atoms with Crippen molar-refractivity contribution in [1.29, 1.82) is 0 Å². The Morgan fingerprint density at radius 1 is 0.443 bits per heavy atom. The molecule has 3 atom stereocenters. The van der Waals surface area contributed by atoms with Crippen LogP contribution < -0.4 is 5.32 Å². The molecule has 79 heavy (non-hydrogen) atoms. The van der Waals surface area contributed by atoms with Crippen LogP contribution in [0.3, 0.4) is 0 Å². The second kappa shape index (κ2) is 59.3. The minimum atomic E-state index is -4.36. The van der Waals surface area contributed by atoms with Crippen molar-refractivity contribution in [1.82, 2.24) is 5.32 Å². The van der Waals surface area contributed by atoms with E-state index in [2.05, 4.69) is 141 Å². The number of hydrogen-bond acceptors (Lipinski definition) is 5. The summed E-state index contributed by atoms with van der Waals surface area (Å²) in [7, 11) is 1.54. The Bertz CT molecular complexity index is 1750. The molecule has 0 bridgehead atoms. The highest BCUT2D eigenvalue weighted by atomic mass is 31.2. The van der Waals surface area contributed by atoms with Crippen LogP contribution >= 0.6 is 7.82 Å². The largest absolute Gasteiger partial charge is 0.472 e. The number of carbonyl (C=O) groups is 1. The van der Waals surface area contributed by atoms with Crippen LogP contribution in [-0.2, 0) is 18.4 Å². The van der Waals surface area contributed by atoms with E-state index in [0.717, 1.165) is 96.3 Å². The van der Waals surface area contributed by atoms with Gasteiger partial charge in [0.15, 0.2) is 0 Å². The topological polar surface area (TPSA) is 105 Å². The van der Waals surface area contributed by atoms with Crippen LogP contribution in [0, 0.1) is 0 Å². The SMILES string of the molecule is CC/C=C\C/C=C\C/C=C\C/C=C\C/C=C\C/C=C\C/C=C\C/C=C\C/C=C\CCCCCCCCCCCCCCCC(=O)NC(COP(=O)(O)OCC[N+](C)(C)C)C(O)/C=C/CC/C=C/CCCCCCCCCCCC. The zero-order valence-corrected chi connectivity index (χ0v) is 52.5. The second-order valence-corrected chi connectivity index (χ2v) is 23.8. The fourth-order valence-corrected chi connectivity index (χ4v) is 9.37. The minimum Gasteiger partial charge on any atom is -0.387 e. The van der Waals surface area contributed by atoms with Gasteiger partial charge in [-0.3, -0.25) is 13.8 Å². The number of carbonyl (C=O) groups excluding carboxylic acids is 1. The van der Waals surface area contributed by atoms with Gasteiger partial charge in [-0.25, -0.2) is 4.57 Å². The normalized spacial score (nSPS) is 14.7. The average molecular weight is 1120 g/mol. The van der Waals surface area contributed by atoms with Gasteiger partial charge < -0.3 is 19.8 Å². The van der Waals surface area contributed by atoms with Crippen molar-refractivity contribution in [2.75, 3.05) is 40.9 Å². The lowest BCUT2D eigenvalue weighted by Crippen LogP contribution is -2.45. The molecule has 1 amide bonds. The first-order valence-corrected chi connectivity index (χ1v) is 33.6. The number of phosphoric acid groups is 1. The third-order valence-electron chi connectivity index (χ3n) is 13.6. The van der Waals surface area contributed by atoms with E-state index >= 15 is 0 Å². The van der Waals surface area contributed by atoms with Crippen LogP contribution in [0.1, 0.15) is 251 Å². The smallest absolute Gasteiger partial charge is 0.387 e. The second-order valence-electron chi connectivity index (χ2n) is 22.4. The minimum absolute atomic E-state index is 0.0510. The summed E-state index contributed by atoms with van der Waals surface area (Å²) in [5.74, 6) is -0.192. The first kappa shape index (κ1) is 75.6. The average Bonchev–Trinajstić information content (AvgIpc) is 3.42. The number of unbranched alkanes of at least 4 members (excludes halogenated alkanes) is 24. The Balaban J connectivity index is 4.08. The molecular formula is C70H122N2O6P+. The summed E-state index contributed by atoms with van der Waals surface area (Å²) >= 11 is 0. The molecule has 9 heteroatoms. The number of nitrogens with one attached hydrogen (secondary N) is 1. The van der Waals surface area contributed by atoms with Gasteiger partial charge in [-0.2, -0.15) is 0 Å². The fourth-order valence-electron chi connectivity index (χ4n) is 8.64. The van der Waals surface area contributed by atoms with Crippen LogP contribution in [0.4, 0.5) is 0 Å². The Morgan fingerprint density at radius 2 is 0.772 bits per heavy atom. The predicted octanol–water partition coefficient (Wildman–Crippen LogP) is 20.3. The highest BCUT2D eigenvalue weighted by Gasteiger charge is 2.27. The number of amides is 1. The number of rotatable bonds is 57. The molecule has 3 N–H and O–H groups in total.